The molecule has 5 nitrogen and oxygen atoms in total. The summed E-state index contributed by atoms with van der Waals surface area (Å²) in [7, 11) is 0. The minimum absolute atomic E-state index is 0.234. The third-order valence-corrected chi connectivity index (χ3v) is 6.60. The van der Waals surface area contributed by atoms with Crippen LogP contribution in [0.4, 0.5) is 0 Å². The number of carboxylic acid groups (broad SMARTS) is 1. The Morgan fingerprint density at radius 1 is 1.30 bits per heavy atom. The van der Waals surface area contributed by atoms with Crippen LogP contribution in [0, 0.1) is 0 Å². The van der Waals surface area contributed by atoms with E-state index < -0.39 is 17.9 Å². The summed E-state index contributed by atoms with van der Waals surface area (Å²) in [5.41, 5.74) is 0. The average molecular weight is 416 g/mol. The molecule has 1 aliphatic rings. The number of carboxylic acids is 1. The first-order valence-corrected chi connectivity index (χ1v) is 10.1. The van der Waals surface area contributed by atoms with Gasteiger partial charge in [-0.3, -0.25) is 9.69 Å². The van der Waals surface area contributed by atoms with E-state index in [9.17, 15) is 9.59 Å². The van der Waals surface area contributed by atoms with Gasteiger partial charge in [-0.05, 0) is 36.6 Å². The normalized spacial score (nSPS) is 17.2. The Morgan fingerprint density at radius 2 is 2.07 bits per heavy atom. The number of rotatable bonds is 4. The number of thioether (sulfide) groups is 1. The Kier molecular flexibility index (Phi) is 4.63. The van der Waals surface area contributed by atoms with Crippen molar-refractivity contribution in [1.29, 1.82) is 0 Å². The molecule has 3 heterocycles. The molecule has 2 aromatic heterocycles. The number of nitrogens with zero attached hydrogens (tertiary/aromatic N) is 1. The Bertz CT molecular complexity index is 1080. The van der Waals surface area contributed by atoms with Gasteiger partial charge in [-0.2, -0.15) is 0 Å². The van der Waals surface area contributed by atoms with Crippen LogP contribution in [0.1, 0.15) is 12.7 Å². The summed E-state index contributed by atoms with van der Waals surface area (Å²) in [6.07, 6.45) is 1.60. The van der Waals surface area contributed by atoms with E-state index in [-0.39, 0.29) is 4.32 Å². The van der Waals surface area contributed by atoms with Crippen LogP contribution in [0.5, 0.6) is 0 Å². The third kappa shape index (κ3) is 3.31. The van der Waals surface area contributed by atoms with Crippen molar-refractivity contribution < 1.29 is 19.1 Å². The number of hydrogen-bond donors (Lipinski definition) is 1. The molecule has 0 bridgehead atoms. The van der Waals surface area contributed by atoms with Gasteiger partial charge in [0.15, 0.2) is 0 Å². The summed E-state index contributed by atoms with van der Waals surface area (Å²) >= 11 is 7.87. The molecule has 1 aliphatic heterocycles. The zero-order chi connectivity index (χ0) is 19.1. The highest BCUT2D eigenvalue weighted by Gasteiger charge is 2.38. The van der Waals surface area contributed by atoms with Gasteiger partial charge >= 0.3 is 5.97 Å². The first-order chi connectivity index (χ1) is 12.9. The second-order valence-electron chi connectivity index (χ2n) is 5.92. The number of thiocarbonyl (C=S) groups is 1. The van der Waals surface area contributed by atoms with Gasteiger partial charge < -0.3 is 9.52 Å². The Labute approximate surface area is 168 Å². The summed E-state index contributed by atoms with van der Waals surface area (Å²) in [6, 6.07) is 12.8. The van der Waals surface area contributed by atoms with Crippen molar-refractivity contribution in [3.63, 3.8) is 0 Å². The Balaban J connectivity index is 1.61. The molecule has 0 aliphatic carbocycles. The molecule has 0 saturated carbocycles. The van der Waals surface area contributed by atoms with E-state index in [1.807, 2.05) is 24.3 Å². The molecule has 27 heavy (non-hydrogen) atoms. The molecule has 1 fully saturated rings. The van der Waals surface area contributed by atoms with Gasteiger partial charge in [0.05, 0.1) is 9.78 Å². The molecule has 3 aromatic rings. The predicted molar refractivity (Wildman–Crippen MR) is 112 cm³/mol. The van der Waals surface area contributed by atoms with Crippen LogP contribution in [0.25, 0.3) is 26.8 Å². The van der Waals surface area contributed by atoms with Gasteiger partial charge in [-0.15, -0.1) is 11.3 Å². The summed E-state index contributed by atoms with van der Waals surface area (Å²) < 4.78 is 7.29. The van der Waals surface area contributed by atoms with Crippen LogP contribution >= 0.6 is 35.3 Å². The van der Waals surface area contributed by atoms with Gasteiger partial charge in [0.1, 0.15) is 21.9 Å². The van der Waals surface area contributed by atoms with Crippen molar-refractivity contribution in [3.8, 4) is 10.6 Å². The smallest absolute Gasteiger partial charge is 0.326 e. The zero-order valence-electron chi connectivity index (χ0n) is 14.0. The van der Waals surface area contributed by atoms with Crippen molar-refractivity contribution in [2.75, 3.05) is 0 Å². The molecular weight excluding hydrogens is 402 g/mol. The number of benzene rings is 1. The number of carbonyl (C=O) groups is 2. The molecular formula is C19H13NO4S3. The van der Waals surface area contributed by atoms with Crippen molar-refractivity contribution in [1.82, 2.24) is 4.90 Å². The number of amides is 1. The molecule has 1 aromatic carbocycles. The Morgan fingerprint density at radius 3 is 2.81 bits per heavy atom. The number of hydrogen-bond acceptors (Lipinski definition) is 6. The lowest BCUT2D eigenvalue weighted by Crippen LogP contribution is -2.41. The topological polar surface area (TPSA) is 70.8 Å². The predicted octanol–water partition coefficient (Wildman–Crippen LogP) is 4.84. The first-order valence-electron chi connectivity index (χ1n) is 8.02. The van der Waals surface area contributed by atoms with Gasteiger partial charge in [-0.1, -0.05) is 42.2 Å². The molecule has 1 amide bonds. The van der Waals surface area contributed by atoms with Crippen molar-refractivity contribution in [3.05, 3.63) is 53.1 Å². The lowest BCUT2D eigenvalue weighted by atomic mass is 10.2. The fourth-order valence-corrected chi connectivity index (χ4v) is 5.14. The van der Waals surface area contributed by atoms with Crippen LogP contribution in [0.3, 0.4) is 0 Å². The van der Waals surface area contributed by atoms with Gasteiger partial charge in [-0.25, -0.2) is 4.79 Å². The SMILES string of the molecule is CC(C(=O)O)N1C(=O)C(=Cc2ccc(-c3cc4ccccc4s3)o2)SC1=S. The molecule has 4 rings (SSSR count). The first kappa shape index (κ1) is 18.0. The molecule has 1 atom stereocenters. The number of carbonyl (C=O) groups excluding carboxylic acids is 1. The van der Waals surface area contributed by atoms with Crippen LogP contribution in [0.2, 0.25) is 0 Å². The maximum absolute atomic E-state index is 12.5. The number of thiophene rings is 1. The van der Waals surface area contributed by atoms with E-state index in [0.29, 0.717) is 10.7 Å². The number of aliphatic carboxylic acids is 1. The van der Waals surface area contributed by atoms with E-state index in [4.69, 9.17) is 21.7 Å². The van der Waals surface area contributed by atoms with Crippen LogP contribution in [-0.4, -0.2) is 32.2 Å². The molecule has 1 saturated heterocycles. The van der Waals surface area contributed by atoms with Gasteiger partial charge in [0, 0.05) is 10.8 Å². The second-order valence-corrected chi connectivity index (χ2v) is 8.68. The molecule has 136 valence electrons. The fourth-order valence-electron chi connectivity index (χ4n) is 2.72. The summed E-state index contributed by atoms with van der Waals surface area (Å²) in [6.45, 7) is 1.43. The maximum Gasteiger partial charge on any atom is 0.326 e. The number of furan rings is 1. The quantitative estimate of drug-likeness (QED) is 0.486. The monoisotopic (exact) mass is 415 g/mol. The largest absolute Gasteiger partial charge is 0.480 e. The van der Waals surface area contributed by atoms with Crippen LogP contribution in [0.15, 0.2) is 51.8 Å². The summed E-state index contributed by atoms with van der Waals surface area (Å²) in [4.78, 5) is 26.2. The van der Waals surface area contributed by atoms with Crippen LogP contribution in [-0.2, 0) is 9.59 Å². The fraction of sp³-hybridized carbons (Fsp3) is 0.105. The summed E-state index contributed by atoms with van der Waals surface area (Å²) in [5.74, 6) is -0.278. The molecule has 0 spiro atoms. The van der Waals surface area contributed by atoms with E-state index in [1.54, 1.807) is 23.5 Å². The van der Waals surface area contributed by atoms with E-state index in [0.717, 1.165) is 32.7 Å². The minimum atomic E-state index is -1.10. The van der Waals surface area contributed by atoms with Gasteiger partial charge in [0.25, 0.3) is 5.91 Å². The van der Waals surface area contributed by atoms with Crippen molar-refractivity contribution >= 4 is 67.7 Å². The van der Waals surface area contributed by atoms with Crippen molar-refractivity contribution in [2.24, 2.45) is 0 Å². The van der Waals surface area contributed by atoms with E-state index in [1.165, 1.54) is 11.6 Å². The molecule has 1 N–H and O–H groups in total. The average Bonchev–Trinajstić information content (AvgIpc) is 3.32. The highest BCUT2D eigenvalue weighted by molar-refractivity contribution is 8.26. The van der Waals surface area contributed by atoms with Crippen molar-refractivity contribution in [2.45, 2.75) is 13.0 Å². The van der Waals surface area contributed by atoms with Gasteiger partial charge in [0.2, 0.25) is 0 Å². The highest BCUT2D eigenvalue weighted by atomic mass is 32.2. The van der Waals surface area contributed by atoms with Crippen LogP contribution < -0.4 is 0 Å². The Hall–Kier alpha value is -2.42. The van der Waals surface area contributed by atoms with E-state index in [2.05, 4.69) is 12.1 Å². The second kappa shape index (κ2) is 6.95. The van der Waals surface area contributed by atoms with E-state index >= 15 is 0 Å². The zero-order valence-corrected chi connectivity index (χ0v) is 16.5. The standard InChI is InChI=1S/C19H13NO4S3/c1-10(18(22)23)20-17(21)16(27-19(20)25)9-12-6-7-13(24-12)15-8-11-4-2-3-5-14(11)26-15/h2-10H,1H3,(H,22,23). The maximum atomic E-state index is 12.5. The highest BCUT2D eigenvalue weighted by Crippen LogP contribution is 2.37. The molecule has 8 heteroatoms. The third-order valence-electron chi connectivity index (χ3n) is 4.14. The lowest BCUT2D eigenvalue weighted by Gasteiger charge is -2.18. The molecule has 1 unspecified atom stereocenters. The number of fused-ring (bicyclic) bond motifs is 1. The summed E-state index contributed by atoms with van der Waals surface area (Å²) in [5, 5.41) is 10.3. The lowest BCUT2D eigenvalue weighted by molar-refractivity contribution is -0.144. The molecule has 0 radical (unpaired) electrons. The minimum Gasteiger partial charge on any atom is -0.480 e.